The van der Waals surface area contributed by atoms with Crippen LogP contribution in [0.2, 0.25) is 0 Å². The van der Waals surface area contributed by atoms with Gasteiger partial charge in [0, 0.05) is 37.4 Å². The quantitative estimate of drug-likeness (QED) is 0.443. The summed E-state index contributed by atoms with van der Waals surface area (Å²) in [5, 5.41) is 14.9. The molecule has 1 aliphatic carbocycles. The lowest BCUT2D eigenvalue weighted by Crippen LogP contribution is -2.51. The maximum Gasteiger partial charge on any atom is 0.313 e. The predicted octanol–water partition coefficient (Wildman–Crippen LogP) is 3.12. The Morgan fingerprint density at radius 1 is 1.18 bits per heavy atom. The number of likely N-dealkylation sites (N-methyl/N-ethyl adjacent to an activating group) is 1. The van der Waals surface area contributed by atoms with Gasteiger partial charge in [0.15, 0.2) is 0 Å². The van der Waals surface area contributed by atoms with E-state index in [-0.39, 0.29) is 12.0 Å². The van der Waals surface area contributed by atoms with Crippen LogP contribution in [0.4, 0.5) is 11.5 Å². The minimum Gasteiger partial charge on any atom is -0.386 e. The average molecular weight is 520 g/mol. The van der Waals surface area contributed by atoms with Gasteiger partial charge in [-0.2, -0.15) is 0 Å². The first-order valence-corrected chi connectivity index (χ1v) is 13.6. The summed E-state index contributed by atoms with van der Waals surface area (Å²) in [5.74, 6) is 0.0815. The van der Waals surface area contributed by atoms with E-state index in [2.05, 4.69) is 41.4 Å². The first-order valence-electron chi connectivity index (χ1n) is 13.6. The van der Waals surface area contributed by atoms with E-state index < -0.39 is 11.8 Å². The number of carbonyl (C=O) groups excluding carboxylic acids is 2. The zero-order valence-corrected chi connectivity index (χ0v) is 23.0. The van der Waals surface area contributed by atoms with Crippen molar-refractivity contribution < 1.29 is 9.59 Å². The molecule has 9 heteroatoms. The smallest absolute Gasteiger partial charge is 0.313 e. The van der Waals surface area contributed by atoms with Gasteiger partial charge in [-0.25, -0.2) is 4.98 Å². The predicted molar refractivity (Wildman–Crippen MR) is 152 cm³/mol. The molecule has 204 valence electrons. The molecule has 4 atom stereocenters. The Hall–Kier alpha value is -3.46. The molecule has 9 nitrogen and oxygen atoms in total. The standard InChI is InChI=1S/C29H41N7O2/c1-5-20-11-23(14-33-27(20)31)34-28(37)29(38)36-16-18(2)6-9-26(36)21-7-8-22(25(30)12-21)13-32-24-10-19(3)15-35(4)17-24/h7-8,11-14,18-19,24,26,30,32H,5-6,9-10,15-17H2,1-4H3,(H2,31,33)(H,34,37)/b22-13-,30-25?/t18-,19+,24+,26+/m0/s1. The minimum atomic E-state index is -0.690. The van der Waals surface area contributed by atoms with E-state index in [0.717, 1.165) is 49.1 Å². The van der Waals surface area contributed by atoms with Gasteiger partial charge in [0.1, 0.15) is 5.82 Å². The van der Waals surface area contributed by atoms with Gasteiger partial charge >= 0.3 is 11.8 Å². The van der Waals surface area contributed by atoms with Crippen LogP contribution in [0, 0.1) is 17.2 Å². The molecule has 4 rings (SSSR count). The van der Waals surface area contributed by atoms with Crippen molar-refractivity contribution >= 4 is 29.0 Å². The number of hydrogen-bond donors (Lipinski definition) is 4. The Labute approximate surface area is 225 Å². The largest absolute Gasteiger partial charge is 0.386 e. The van der Waals surface area contributed by atoms with Crippen LogP contribution in [-0.4, -0.2) is 71.1 Å². The normalized spacial score (nSPS) is 27.3. The number of amides is 2. The summed E-state index contributed by atoms with van der Waals surface area (Å²) in [5.41, 5.74) is 9.25. The molecule has 3 heterocycles. The van der Waals surface area contributed by atoms with Gasteiger partial charge in [-0.05, 0) is 67.8 Å². The van der Waals surface area contributed by atoms with E-state index in [9.17, 15) is 9.59 Å². The van der Waals surface area contributed by atoms with E-state index in [1.807, 2.05) is 31.4 Å². The molecule has 2 saturated heterocycles. The van der Waals surface area contributed by atoms with Crippen LogP contribution in [0.25, 0.3) is 0 Å². The van der Waals surface area contributed by atoms with E-state index in [1.54, 1.807) is 11.0 Å². The molecular formula is C29H41N7O2. The van der Waals surface area contributed by atoms with E-state index in [0.29, 0.717) is 42.1 Å². The number of carbonyl (C=O) groups is 2. The molecule has 38 heavy (non-hydrogen) atoms. The van der Waals surface area contributed by atoms with Crippen molar-refractivity contribution in [2.45, 2.75) is 58.5 Å². The third-order valence-electron chi connectivity index (χ3n) is 7.69. The summed E-state index contributed by atoms with van der Waals surface area (Å²) in [6.07, 6.45) is 12.6. The van der Waals surface area contributed by atoms with Gasteiger partial charge in [-0.1, -0.05) is 32.9 Å². The van der Waals surface area contributed by atoms with E-state index in [1.165, 1.54) is 6.20 Å². The minimum absolute atomic E-state index is 0.251. The highest BCUT2D eigenvalue weighted by atomic mass is 16.2. The van der Waals surface area contributed by atoms with Crippen LogP contribution >= 0.6 is 0 Å². The number of nitrogens with two attached hydrogens (primary N) is 1. The van der Waals surface area contributed by atoms with Crippen molar-refractivity contribution in [3.8, 4) is 0 Å². The highest BCUT2D eigenvalue weighted by Gasteiger charge is 2.35. The molecule has 0 radical (unpaired) electrons. The van der Waals surface area contributed by atoms with Crippen molar-refractivity contribution in [3.63, 3.8) is 0 Å². The first-order chi connectivity index (χ1) is 18.1. The molecule has 1 aromatic heterocycles. The number of anilines is 2. The molecule has 3 aliphatic rings. The number of pyridine rings is 1. The molecular weight excluding hydrogens is 478 g/mol. The number of likely N-dealkylation sites (tertiary alicyclic amines) is 2. The van der Waals surface area contributed by atoms with Gasteiger partial charge in [0.2, 0.25) is 0 Å². The fraction of sp³-hybridized carbons (Fsp3) is 0.517. The Morgan fingerprint density at radius 2 is 1.97 bits per heavy atom. The summed E-state index contributed by atoms with van der Waals surface area (Å²) in [6.45, 7) is 8.90. The van der Waals surface area contributed by atoms with Crippen LogP contribution in [0.1, 0.15) is 45.6 Å². The Kier molecular flexibility index (Phi) is 8.66. The summed E-state index contributed by atoms with van der Waals surface area (Å²) >= 11 is 0. The van der Waals surface area contributed by atoms with Gasteiger partial charge in [0.25, 0.3) is 0 Å². The number of aromatic nitrogens is 1. The Bertz CT molecular complexity index is 1160. The van der Waals surface area contributed by atoms with Crippen molar-refractivity contribution in [1.82, 2.24) is 20.1 Å². The number of nitrogens with one attached hydrogen (secondary N) is 3. The number of aryl methyl sites for hydroxylation is 1. The lowest BCUT2D eigenvalue weighted by molar-refractivity contribution is -0.145. The van der Waals surface area contributed by atoms with Gasteiger partial charge in [-0.3, -0.25) is 9.59 Å². The van der Waals surface area contributed by atoms with E-state index >= 15 is 0 Å². The third-order valence-corrected chi connectivity index (χ3v) is 7.69. The molecule has 2 aliphatic heterocycles. The summed E-state index contributed by atoms with van der Waals surface area (Å²) in [7, 11) is 2.14. The maximum absolute atomic E-state index is 13.3. The van der Waals surface area contributed by atoms with Crippen molar-refractivity contribution in [2.24, 2.45) is 11.8 Å². The maximum atomic E-state index is 13.3. The monoisotopic (exact) mass is 519 g/mol. The van der Waals surface area contributed by atoms with Gasteiger partial charge in [0.05, 0.1) is 23.6 Å². The number of allylic oxidation sites excluding steroid dienone is 3. The summed E-state index contributed by atoms with van der Waals surface area (Å²) < 4.78 is 0. The topological polar surface area (TPSA) is 127 Å². The molecule has 0 bridgehead atoms. The Balaban J connectivity index is 1.44. The second-order valence-electron chi connectivity index (χ2n) is 11.1. The van der Waals surface area contributed by atoms with Gasteiger partial charge in [-0.15, -0.1) is 0 Å². The average Bonchev–Trinajstić information content (AvgIpc) is 2.88. The molecule has 0 aromatic carbocycles. The fourth-order valence-corrected chi connectivity index (χ4v) is 5.76. The molecule has 5 N–H and O–H groups in total. The zero-order chi connectivity index (χ0) is 27.4. The van der Waals surface area contributed by atoms with Crippen LogP contribution in [0.15, 0.2) is 47.8 Å². The highest BCUT2D eigenvalue weighted by molar-refractivity contribution is 6.39. The molecule has 0 spiro atoms. The number of hydrogen-bond acceptors (Lipinski definition) is 7. The molecule has 0 saturated carbocycles. The number of rotatable bonds is 5. The zero-order valence-electron chi connectivity index (χ0n) is 23.0. The SMILES string of the molecule is CCc1cc(NC(=O)C(=O)N2C[C@@H](C)CC[C@@H]2C2=CC(=N)/C(=C\N[C@@H]3C[C@@H](C)CN(C)C3)C=C2)cnc1N. The van der Waals surface area contributed by atoms with Crippen LogP contribution in [0.3, 0.4) is 0 Å². The highest BCUT2D eigenvalue weighted by Crippen LogP contribution is 2.30. The van der Waals surface area contributed by atoms with Gasteiger partial charge < -0.3 is 31.6 Å². The van der Waals surface area contributed by atoms with Crippen molar-refractivity contribution in [2.75, 3.05) is 37.7 Å². The molecule has 0 unspecified atom stereocenters. The van der Waals surface area contributed by atoms with Crippen LogP contribution < -0.4 is 16.4 Å². The Morgan fingerprint density at radius 3 is 2.68 bits per heavy atom. The molecule has 1 aromatic rings. The number of piperidine rings is 2. The van der Waals surface area contributed by atoms with Crippen LogP contribution in [0.5, 0.6) is 0 Å². The van der Waals surface area contributed by atoms with E-state index in [4.69, 9.17) is 11.1 Å². The molecule has 2 amide bonds. The second-order valence-corrected chi connectivity index (χ2v) is 11.1. The summed E-state index contributed by atoms with van der Waals surface area (Å²) in [4.78, 5) is 34.4. The second kappa shape index (κ2) is 11.9. The number of nitrogens with zero attached hydrogens (tertiary/aromatic N) is 3. The number of nitrogen functional groups attached to an aromatic ring is 1. The lowest BCUT2D eigenvalue weighted by Gasteiger charge is -2.39. The van der Waals surface area contributed by atoms with Crippen molar-refractivity contribution in [1.29, 1.82) is 5.41 Å². The first kappa shape index (κ1) is 27.6. The summed E-state index contributed by atoms with van der Waals surface area (Å²) in [6, 6.07) is 1.86. The lowest BCUT2D eigenvalue weighted by atomic mass is 9.86. The fourth-order valence-electron chi connectivity index (χ4n) is 5.76. The van der Waals surface area contributed by atoms with Crippen molar-refractivity contribution in [3.05, 3.63) is 53.4 Å². The molecule has 2 fully saturated rings. The van der Waals surface area contributed by atoms with Crippen LogP contribution in [-0.2, 0) is 16.0 Å². The third kappa shape index (κ3) is 6.51.